The second-order valence-electron chi connectivity index (χ2n) is 6.62. The molecule has 0 spiro atoms. The van der Waals surface area contributed by atoms with Crippen LogP contribution in [0.4, 0.5) is 0 Å². The maximum absolute atomic E-state index is 10.7. The molecule has 1 rings (SSSR count). The number of hydrogen-bond donors (Lipinski definition) is 2. The van der Waals surface area contributed by atoms with Gasteiger partial charge in [-0.1, -0.05) is 63.3 Å². The van der Waals surface area contributed by atoms with Crippen LogP contribution in [0.25, 0.3) is 0 Å². The van der Waals surface area contributed by atoms with Gasteiger partial charge in [0.1, 0.15) is 0 Å². The maximum Gasteiger partial charge on any atom is 0.264 e. The molecule has 22 heavy (non-hydrogen) atoms. The third-order valence-corrected chi connectivity index (χ3v) is 3.92. The Morgan fingerprint density at radius 2 is 1.86 bits per heavy atom. The first-order valence-electron chi connectivity index (χ1n) is 7.57. The fourth-order valence-corrected chi connectivity index (χ4v) is 2.53. The highest BCUT2D eigenvalue weighted by molar-refractivity contribution is 7.85. The molecule has 0 saturated heterocycles. The summed E-state index contributed by atoms with van der Waals surface area (Å²) in [6.07, 6.45) is 5.55. The van der Waals surface area contributed by atoms with Crippen LogP contribution in [0.1, 0.15) is 32.8 Å². The SMILES string of the molecule is CC(C)(C)/C=C/[C@@H](Cc1ccccc1)NCCCS(=O)(=O)O. The van der Waals surface area contributed by atoms with E-state index >= 15 is 0 Å². The molecule has 0 heterocycles. The van der Waals surface area contributed by atoms with Crippen molar-refractivity contribution in [1.82, 2.24) is 5.32 Å². The van der Waals surface area contributed by atoms with Crippen LogP contribution in [0.3, 0.4) is 0 Å². The van der Waals surface area contributed by atoms with E-state index in [2.05, 4.69) is 50.4 Å². The Morgan fingerprint density at radius 3 is 2.41 bits per heavy atom. The van der Waals surface area contributed by atoms with Crippen LogP contribution in [-0.4, -0.2) is 31.3 Å². The molecule has 0 amide bonds. The Morgan fingerprint density at radius 1 is 1.23 bits per heavy atom. The minimum atomic E-state index is -3.87. The van der Waals surface area contributed by atoms with E-state index in [4.69, 9.17) is 4.55 Å². The highest BCUT2D eigenvalue weighted by Gasteiger charge is 2.10. The lowest BCUT2D eigenvalue weighted by Crippen LogP contribution is -2.31. The molecular weight excluding hydrogens is 298 g/mol. The van der Waals surface area contributed by atoms with Crippen LogP contribution in [0.5, 0.6) is 0 Å². The Kier molecular flexibility index (Phi) is 7.26. The van der Waals surface area contributed by atoms with Gasteiger partial charge in [0.05, 0.1) is 5.75 Å². The normalized spacial score (nSPS) is 14.4. The Balaban J connectivity index is 2.60. The van der Waals surface area contributed by atoms with Crippen LogP contribution in [0, 0.1) is 5.41 Å². The molecule has 124 valence electrons. The van der Waals surface area contributed by atoms with E-state index in [1.54, 1.807) is 0 Å². The second kappa shape index (κ2) is 8.46. The van der Waals surface area contributed by atoms with E-state index in [0.717, 1.165) is 6.42 Å². The third-order valence-electron chi connectivity index (χ3n) is 3.11. The second-order valence-corrected chi connectivity index (χ2v) is 8.19. The summed E-state index contributed by atoms with van der Waals surface area (Å²) in [5.74, 6) is -0.207. The van der Waals surface area contributed by atoms with Gasteiger partial charge in [0.15, 0.2) is 0 Å². The summed E-state index contributed by atoms with van der Waals surface area (Å²) in [5, 5.41) is 3.35. The average Bonchev–Trinajstić information content (AvgIpc) is 2.40. The summed E-state index contributed by atoms with van der Waals surface area (Å²) in [7, 11) is -3.87. The lowest BCUT2D eigenvalue weighted by molar-refractivity contribution is 0.478. The number of allylic oxidation sites excluding steroid dienone is 1. The standard InChI is InChI=1S/C17H27NO3S/c1-17(2,3)11-10-16(14-15-8-5-4-6-9-15)18-12-7-13-22(19,20)21/h4-6,8-11,16,18H,7,12-14H2,1-3H3,(H,19,20,21)/b11-10+/t16-/m0/s1. The summed E-state index contributed by atoms with van der Waals surface area (Å²) in [4.78, 5) is 0. The highest BCUT2D eigenvalue weighted by atomic mass is 32.2. The van der Waals surface area contributed by atoms with E-state index in [-0.39, 0.29) is 17.2 Å². The Bertz CT molecular complexity index is 559. The fraction of sp³-hybridized carbons (Fsp3) is 0.529. The van der Waals surface area contributed by atoms with E-state index < -0.39 is 10.1 Å². The molecule has 1 aromatic carbocycles. The Labute approximate surface area is 134 Å². The molecule has 1 aromatic rings. The monoisotopic (exact) mass is 325 g/mol. The highest BCUT2D eigenvalue weighted by Crippen LogP contribution is 2.15. The summed E-state index contributed by atoms with van der Waals surface area (Å²) >= 11 is 0. The molecule has 0 aliphatic heterocycles. The van der Waals surface area contributed by atoms with Gasteiger partial charge in [0, 0.05) is 6.04 Å². The van der Waals surface area contributed by atoms with E-state index in [9.17, 15) is 8.42 Å². The zero-order chi connectivity index (χ0) is 16.6. The fourth-order valence-electron chi connectivity index (χ4n) is 2.02. The van der Waals surface area contributed by atoms with Gasteiger partial charge in [-0.15, -0.1) is 0 Å². The molecule has 0 bridgehead atoms. The van der Waals surface area contributed by atoms with Crippen molar-refractivity contribution in [2.75, 3.05) is 12.3 Å². The van der Waals surface area contributed by atoms with Crippen LogP contribution in [0.15, 0.2) is 42.5 Å². The molecule has 0 radical (unpaired) electrons. The largest absolute Gasteiger partial charge is 0.310 e. The number of nitrogens with one attached hydrogen (secondary N) is 1. The minimum Gasteiger partial charge on any atom is -0.310 e. The number of rotatable bonds is 8. The molecule has 0 aliphatic carbocycles. The van der Waals surface area contributed by atoms with Crippen molar-refractivity contribution in [2.45, 2.75) is 39.7 Å². The van der Waals surface area contributed by atoms with Crippen LogP contribution in [0.2, 0.25) is 0 Å². The summed E-state index contributed by atoms with van der Waals surface area (Å²) < 4.78 is 30.2. The average molecular weight is 325 g/mol. The first-order valence-corrected chi connectivity index (χ1v) is 9.18. The maximum atomic E-state index is 10.7. The van der Waals surface area contributed by atoms with Gasteiger partial charge in [-0.25, -0.2) is 0 Å². The molecular formula is C17H27NO3S. The van der Waals surface area contributed by atoms with E-state index in [0.29, 0.717) is 13.0 Å². The first kappa shape index (κ1) is 18.9. The molecule has 1 atom stereocenters. The zero-order valence-corrected chi connectivity index (χ0v) is 14.4. The molecule has 0 unspecified atom stereocenters. The summed E-state index contributed by atoms with van der Waals surface area (Å²) in [6.45, 7) is 6.97. The number of hydrogen-bond acceptors (Lipinski definition) is 3. The molecule has 0 saturated carbocycles. The topological polar surface area (TPSA) is 66.4 Å². The predicted octanol–water partition coefficient (Wildman–Crippen LogP) is 3.07. The zero-order valence-electron chi connectivity index (χ0n) is 13.6. The quantitative estimate of drug-likeness (QED) is 0.438. The van der Waals surface area contributed by atoms with Crippen molar-refractivity contribution in [1.29, 1.82) is 0 Å². The van der Waals surface area contributed by atoms with E-state index in [1.807, 2.05) is 18.2 Å². The van der Waals surface area contributed by atoms with Crippen molar-refractivity contribution in [3.05, 3.63) is 48.0 Å². The van der Waals surface area contributed by atoms with Gasteiger partial charge in [-0.3, -0.25) is 4.55 Å². The summed E-state index contributed by atoms with van der Waals surface area (Å²) in [6, 6.07) is 10.3. The van der Waals surface area contributed by atoms with Gasteiger partial charge >= 0.3 is 0 Å². The molecule has 2 N–H and O–H groups in total. The molecule has 4 nitrogen and oxygen atoms in total. The summed E-state index contributed by atoms with van der Waals surface area (Å²) in [5.41, 5.74) is 1.33. The molecule has 0 aromatic heterocycles. The Hall–Kier alpha value is -1.17. The van der Waals surface area contributed by atoms with Crippen molar-refractivity contribution in [3.8, 4) is 0 Å². The number of benzene rings is 1. The van der Waals surface area contributed by atoms with Gasteiger partial charge in [0.2, 0.25) is 0 Å². The van der Waals surface area contributed by atoms with Gasteiger partial charge in [-0.2, -0.15) is 8.42 Å². The smallest absolute Gasteiger partial charge is 0.264 e. The third kappa shape index (κ3) is 9.71. The van der Waals surface area contributed by atoms with E-state index in [1.165, 1.54) is 5.56 Å². The minimum absolute atomic E-state index is 0.102. The van der Waals surface area contributed by atoms with Gasteiger partial charge in [-0.05, 0) is 30.4 Å². The first-order chi connectivity index (χ1) is 10.2. The van der Waals surface area contributed by atoms with Crippen molar-refractivity contribution in [3.63, 3.8) is 0 Å². The lowest BCUT2D eigenvalue weighted by Gasteiger charge is -2.18. The molecule has 0 aliphatic rings. The van der Waals surface area contributed by atoms with Crippen LogP contribution in [-0.2, 0) is 16.5 Å². The molecule has 5 heteroatoms. The lowest BCUT2D eigenvalue weighted by atomic mass is 9.94. The van der Waals surface area contributed by atoms with Crippen molar-refractivity contribution >= 4 is 10.1 Å². The van der Waals surface area contributed by atoms with Crippen LogP contribution >= 0.6 is 0 Å². The predicted molar refractivity (Wildman–Crippen MR) is 91.6 cm³/mol. The van der Waals surface area contributed by atoms with Crippen molar-refractivity contribution in [2.24, 2.45) is 5.41 Å². The van der Waals surface area contributed by atoms with Gasteiger partial charge < -0.3 is 5.32 Å². The van der Waals surface area contributed by atoms with Crippen molar-refractivity contribution < 1.29 is 13.0 Å². The molecule has 0 fully saturated rings. The van der Waals surface area contributed by atoms with Gasteiger partial charge in [0.25, 0.3) is 10.1 Å². The van der Waals surface area contributed by atoms with Crippen LogP contribution < -0.4 is 5.32 Å².